The highest BCUT2D eigenvalue weighted by Gasteiger charge is 2.08. The van der Waals surface area contributed by atoms with Gasteiger partial charge in [-0.1, -0.05) is 6.07 Å². The van der Waals surface area contributed by atoms with E-state index in [1.807, 2.05) is 6.07 Å². The summed E-state index contributed by atoms with van der Waals surface area (Å²) < 4.78 is 13.4. The Bertz CT molecular complexity index is 591. The second-order valence-corrected chi connectivity index (χ2v) is 5.42. The van der Waals surface area contributed by atoms with Gasteiger partial charge in [0.15, 0.2) is 0 Å². The fourth-order valence-corrected chi connectivity index (χ4v) is 2.70. The largest absolute Gasteiger partial charge is 0.379 e. The SMILES string of the molecule is Cc1cc(CNc2cccc(F)c2C#N)sc1C. The smallest absolute Gasteiger partial charge is 0.143 e. The van der Waals surface area contributed by atoms with Gasteiger partial charge in [-0.05, 0) is 37.6 Å². The third-order valence-electron chi connectivity index (χ3n) is 2.80. The molecule has 2 rings (SSSR count). The van der Waals surface area contributed by atoms with Gasteiger partial charge < -0.3 is 5.32 Å². The Morgan fingerprint density at radius 2 is 2.17 bits per heavy atom. The van der Waals surface area contributed by atoms with Crippen LogP contribution in [0.5, 0.6) is 0 Å². The van der Waals surface area contributed by atoms with E-state index in [1.54, 1.807) is 23.5 Å². The van der Waals surface area contributed by atoms with Gasteiger partial charge in [0.1, 0.15) is 17.4 Å². The van der Waals surface area contributed by atoms with Gasteiger partial charge in [0.25, 0.3) is 0 Å². The molecule has 0 aliphatic rings. The predicted molar refractivity (Wildman–Crippen MR) is 72.2 cm³/mol. The third kappa shape index (κ3) is 2.52. The van der Waals surface area contributed by atoms with E-state index >= 15 is 0 Å². The summed E-state index contributed by atoms with van der Waals surface area (Å²) in [6, 6.07) is 8.60. The second-order valence-electron chi connectivity index (χ2n) is 4.08. The summed E-state index contributed by atoms with van der Waals surface area (Å²) in [4.78, 5) is 2.46. The fraction of sp³-hybridized carbons (Fsp3) is 0.214. The Balaban J connectivity index is 2.16. The van der Waals surface area contributed by atoms with Crippen molar-refractivity contribution in [3.8, 4) is 6.07 Å². The van der Waals surface area contributed by atoms with Crippen LogP contribution in [0.4, 0.5) is 10.1 Å². The molecule has 0 atom stereocenters. The minimum Gasteiger partial charge on any atom is -0.379 e. The molecule has 92 valence electrons. The number of hydrogen-bond donors (Lipinski definition) is 1. The number of nitrogens with one attached hydrogen (secondary N) is 1. The molecule has 0 amide bonds. The molecule has 1 aromatic heterocycles. The van der Waals surface area contributed by atoms with E-state index in [0.29, 0.717) is 12.2 Å². The Morgan fingerprint density at radius 3 is 2.78 bits per heavy atom. The van der Waals surface area contributed by atoms with Gasteiger partial charge in [-0.25, -0.2) is 4.39 Å². The van der Waals surface area contributed by atoms with Gasteiger partial charge in [-0.2, -0.15) is 5.26 Å². The number of anilines is 1. The third-order valence-corrected chi connectivity index (χ3v) is 3.95. The zero-order chi connectivity index (χ0) is 13.1. The van der Waals surface area contributed by atoms with Crippen LogP contribution in [0.3, 0.4) is 0 Å². The summed E-state index contributed by atoms with van der Waals surface area (Å²) in [5, 5.41) is 12.0. The van der Waals surface area contributed by atoms with E-state index in [-0.39, 0.29) is 5.56 Å². The summed E-state index contributed by atoms with van der Waals surface area (Å²) in [6.45, 7) is 4.75. The standard InChI is InChI=1S/C14H13FN2S/c1-9-6-11(18-10(9)2)8-17-14-5-3-4-13(15)12(14)7-16/h3-6,17H,8H2,1-2H3. The Hall–Kier alpha value is -1.86. The molecule has 0 fully saturated rings. The molecule has 1 heterocycles. The minimum absolute atomic E-state index is 0.0718. The first kappa shape index (κ1) is 12.6. The number of nitriles is 1. The topological polar surface area (TPSA) is 35.8 Å². The average molecular weight is 260 g/mol. The van der Waals surface area contributed by atoms with Crippen LogP contribution >= 0.6 is 11.3 Å². The van der Waals surface area contributed by atoms with E-state index in [2.05, 4.69) is 25.2 Å². The zero-order valence-electron chi connectivity index (χ0n) is 10.2. The van der Waals surface area contributed by atoms with E-state index in [9.17, 15) is 4.39 Å². The number of hydrogen-bond acceptors (Lipinski definition) is 3. The lowest BCUT2D eigenvalue weighted by Gasteiger charge is -2.07. The summed E-state index contributed by atoms with van der Waals surface area (Å²) in [6.07, 6.45) is 0. The van der Waals surface area contributed by atoms with Crippen molar-refractivity contribution in [2.24, 2.45) is 0 Å². The maximum atomic E-state index is 13.4. The van der Waals surface area contributed by atoms with Crippen LogP contribution in [0.25, 0.3) is 0 Å². The number of halogens is 1. The number of thiophene rings is 1. The monoisotopic (exact) mass is 260 g/mol. The lowest BCUT2D eigenvalue weighted by atomic mass is 10.2. The molecule has 0 bridgehead atoms. The van der Waals surface area contributed by atoms with Crippen molar-refractivity contribution in [3.63, 3.8) is 0 Å². The van der Waals surface area contributed by atoms with Crippen molar-refractivity contribution in [1.29, 1.82) is 5.26 Å². The zero-order valence-corrected chi connectivity index (χ0v) is 11.1. The molecule has 2 nitrogen and oxygen atoms in total. The highest BCUT2D eigenvalue weighted by atomic mass is 32.1. The van der Waals surface area contributed by atoms with Crippen LogP contribution in [0, 0.1) is 31.0 Å². The molecule has 0 radical (unpaired) electrons. The highest BCUT2D eigenvalue weighted by Crippen LogP contribution is 2.23. The van der Waals surface area contributed by atoms with Crippen molar-refractivity contribution in [2.45, 2.75) is 20.4 Å². The molecular formula is C14H13FN2S. The molecule has 0 saturated carbocycles. The van der Waals surface area contributed by atoms with Crippen molar-refractivity contribution < 1.29 is 4.39 Å². The first-order valence-electron chi connectivity index (χ1n) is 5.60. The van der Waals surface area contributed by atoms with Crippen molar-refractivity contribution in [2.75, 3.05) is 5.32 Å². The molecule has 0 spiro atoms. The first-order valence-corrected chi connectivity index (χ1v) is 6.42. The number of nitrogens with zero attached hydrogens (tertiary/aromatic N) is 1. The maximum absolute atomic E-state index is 13.4. The molecule has 18 heavy (non-hydrogen) atoms. The average Bonchev–Trinajstić information content (AvgIpc) is 2.66. The first-order chi connectivity index (χ1) is 8.61. The summed E-state index contributed by atoms with van der Waals surface area (Å²) in [7, 11) is 0. The van der Waals surface area contributed by atoms with Gasteiger partial charge in [0.05, 0.1) is 5.69 Å². The molecule has 1 aromatic carbocycles. The van der Waals surface area contributed by atoms with Crippen LogP contribution in [-0.2, 0) is 6.54 Å². The van der Waals surface area contributed by atoms with Gasteiger partial charge in [0.2, 0.25) is 0 Å². The lowest BCUT2D eigenvalue weighted by molar-refractivity contribution is 0.624. The molecule has 2 aromatic rings. The molecule has 0 saturated heterocycles. The number of benzene rings is 1. The van der Waals surface area contributed by atoms with E-state index in [1.165, 1.54) is 21.4 Å². The minimum atomic E-state index is -0.485. The molecular weight excluding hydrogens is 247 g/mol. The number of rotatable bonds is 3. The van der Waals surface area contributed by atoms with Crippen LogP contribution in [-0.4, -0.2) is 0 Å². The quantitative estimate of drug-likeness (QED) is 0.905. The van der Waals surface area contributed by atoms with Crippen molar-refractivity contribution in [3.05, 3.63) is 51.0 Å². The second kappa shape index (κ2) is 5.19. The summed E-state index contributed by atoms with van der Waals surface area (Å²) in [5.74, 6) is -0.485. The van der Waals surface area contributed by atoms with Gasteiger partial charge in [-0.3, -0.25) is 0 Å². The normalized spacial score (nSPS) is 10.1. The Labute approximate surface area is 110 Å². The molecule has 4 heteroatoms. The van der Waals surface area contributed by atoms with E-state index in [0.717, 1.165) is 0 Å². The Morgan fingerprint density at radius 1 is 1.39 bits per heavy atom. The molecule has 1 N–H and O–H groups in total. The van der Waals surface area contributed by atoms with Crippen LogP contribution in [0.15, 0.2) is 24.3 Å². The fourth-order valence-electron chi connectivity index (χ4n) is 1.70. The number of aryl methyl sites for hydroxylation is 2. The van der Waals surface area contributed by atoms with Gasteiger partial charge in [-0.15, -0.1) is 11.3 Å². The van der Waals surface area contributed by atoms with E-state index < -0.39 is 5.82 Å². The van der Waals surface area contributed by atoms with Gasteiger partial charge >= 0.3 is 0 Å². The maximum Gasteiger partial charge on any atom is 0.143 e. The van der Waals surface area contributed by atoms with Crippen LogP contribution < -0.4 is 5.32 Å². The van der Waals surface area contributed by atoms with Crippen molar-refractivity contribution >= 4 is 17.0 Å². The molecule has 0 aliphatic heterocycles. The molecule has 0 unspecified atom stereocenters. The van der Waals surface area contributed by atoms with Crippen LogP contribution in [0.2, 0.25) is 0 Å². The predicted octanol–water partition coefficient (Wildman–Crippen LogP) is 3.99. The van der Waals surface area contributed by atoms with Gasteiger partial charge in [0, 0.05) is 16.3 Å². The Kier molecular flexibility index (Phi) is 3.63. The van der Waals surface area contributed by atoms with E-state index in [4.69, 9.17) is 5.26 Å². The summed E-state index contributed by atoms with van der Waals surface area (Å²) >= 11 is 1.71. The summed E-state index contributed by atoms with van der Waals surface area (Å²) in [5.41, 5.74) is 1.88. The highest BCUT2D eigenvalue weighted by molar-refractivity contribution is 7.12. The van der Waals surface area contributed by atoms with Crippen LogP contribution in [0.1, 0.15) is 20.9 Å². The van der Waals surface area contributed by atoms with Crippen molar-refractivity contribution in [1.82, 2.24) is 0 Å². The lowest BCUT2D eigenvalue weighted by Crippen LogP contribution is -2.01. The molecule has 0 aliphatic carbocycles.